The van der Waals surface area contributed by atoms with Crippen LogP contribution in [0.15, 0.2) is 47.0 Å². The molecule has 1 heterocycles. The van der Waals surface area contributed by atoms with Crippen molar-refractivity contribution in [2.75, 3.05) is 21.3 Å². The number of hydrogen-bond donors (Lipinski definition) is 0. The molecule has 1 aromatic heterocycles. The van der Waals surface area contributed by atoms with Crippen LogP contribution in [0.25, 0.3) is 11.3 Å². The summed E-state index contributed by atoms with van der Waals surface area (Å²) < 4.78 is 26.6. The van der Waals surface area contributed by atoms with Crippen LogP contribution in [0, 0.1) is 0 Å². The molecule has 0 fully saturated rings. The zero-order valence-electron chi connectivity index (χ0n) is 15.5. The molecule has 0 amide bonds. The molecule has 0 aliphatic rings. The van der Waals surface area contributed by atoms with Crippen LogP contribution in [-0.2, 0) is 11.3 Å². The minimum absolute atomic E-state index is 0.122. The number of hydrogen-bond acceptors (Lipinski definition) is 7. The molecule has 0 N–H and O–H groups in total. The lowest BCUT2D eigenvalue weighted by Crippen LogP contribution is -2.07. The summed E-state index contributed by atoms with van der Waals surface area (Å²) in [6.07, 6.45) is 1.56. The standard InChI is InChI=1S/C20H18ClNO6/c1-24-15-8-13(9-16(25-2)19(15)26-3)20(23)27-11-18-22-10-17(28-18)12-4-6-14(21)7-5-12/h4-10H,11H2,1-3H3. The maximum atomic E-state index is 12.4. The molecule has 8 heteroatoms. The van der Waals surface area contributed by atoms with Gasteiger partial charge in [-0.05, 0) is 36.4 Å². The van der Waals surface area contributed by atoms with Gasteiger partial charge in [-0.25, -0.2) is 9.78 Å². The molecule has 0 unspecified atom stereocenters. The summed E-state index contributed by atoms with van der Waals surface area (Å²) in [4.78, 5) is 16.5. The average molecular weight is 404 g/mol. The number of carbonyl (C=O) groups excluding carboxylic acids is 1. The Morgan fingerprint density at radius 3 is 2.25 bits per heavy atom. The first-order chi connectivity index (χ1) is 13.5. The lowest BCUT2D eigenvalue weighted by atomic mass is 10.2. The van der Waals surface area contributed by atoms with Crippen LogP contribution in [-0.4, -0.2) is 32.3 Å². The normalized spacial score (nSPS) is 10.4. The van der Waals surface area contributed by atoms with E-state index in [4.69, 9.17) is 35.0 Å². The highest BCUT2D eigenvalue weighted by Crippen LogP contribution is 2.38. The van der Waals surface area contributed by atoms with Crippen LogP contribution in [0.3, 0.4) is 0 Å². The van der Waals surface area contributed by atoms with E-state index in [9.17, 15) is 4.79 Å². The predicted molar refractivity (Wildman–Crippen MR) is 102 cm³/mol. The van der Waals surface area contributed by atoms with E-state index in [0.717, 1.165) is 5.56 Å². The summed E-state index contributed by atoms with van der Waals surface area (Å²) in [6.45, 7) is -0.122. The van der Waals surface area contributed by atoms with Gasteiger partial charge in [-0.1, -0.05) is 11.6 Å². The van der Waals surface area contributed by atoms with Gasteiger partial charge in [0.1, 0.15) is 0 Å². The first-order valence-electron chi connectivity index (χ1n) is 8.23. The number of rotatable bonds is 7. The highest BCUT2D eigenvalue weighted by Gasteiger charge is 2.18. The zero-order valence-corrected chi connectivity index (χ0v) is 16.3. The van der Waals surface area contributed by atoms with Crippen LogP contribution in [0.1, 0.15) is 16.2 Å². The van der Waals surface area contributed by atoms with E-state index in [1.54, 1.807) is 18.3 Å². The maximum Gasteiger partial charge on any atom is 0.338 e. The van der Waals surface area contributed by atoms with Crippen molar-refractivity contribution in [3.05, 3.63) is 59.1 Å². The van der Waals surface area contributed by atoms with Crippen LogP contribution < -0.4 is 14.2 Å². The van der Waals surface area contributed by atoms with Gasteiger partial charge in [0.15, 0.2) is 23.9 Å². The van der Waals surface area contributed by atoms with Crippen LogP contribution >= 0.6 is 11.6 Å². The fourth-order valence-corrected chi connectivity index (χ4v) is 2.66. The first kappa shape index (κ1) is 19.6. The second-order valence-corrected chi connectivity index (χ2v) is 6.05. The number of esters is 1. The predicted octanol–water partition coefficient (Wildman–Crippen LogP) is 4.38. The van der Waals surface area contributed by atoms with Gasteiger partial charge in [-0.2, -0.15) is 0 Å². The van der Waals surface area contributed by atoms with Gasteiger partial charge in [0, 0.05) is 10.6 Å². The molecule has 0 bridgehead atoms. The fraction of sp³-hybridized carbons (Fsp3) is 0.200. The molecule has 0 aliphatic heterocycles. The highest BCUT2D eigenvalue weighted by atomic mass is 35.5. The van der Waals surface area contributed by atoms with Crippen molar-refractivity contribution in [3.8, 4) is 28.6 Å². The van der Waals surface area contributed by atoms with Gasteiger partial charge in [0.25, 0.3) is 0 Å². The second kappa shape index (κ2) is 8.67. The Labute approximate surface area is 166 Å². The van der Waals surface area contributed by atoms with E-state index in [0.29, 0.717) is 28.0 Å². The molecule has 28 heavy (non-hydrogen) atoms. The Bertz CT molecular complexity index is 942. The van der Waals surface area contributed by atoms with Crippen molar-refractivity contribution in [3.63, 3.8) is 0 Å². The van der Waals surface area contributed by atoms with Gasteiger partial charge in [0.05, 0.1) is 33.1 Å². The topological polar surface area (TPSA) is 80.0 Å². The summed E-state index contributed by atoms with van der Waals surface area (Å²) >= 11 is 5.88. The minimum atomic E-state index is -0.578. The number of ether oxygens (including phenoxy) is 4. The number of oxazole rings is 1. The third kappa shape index (κ3) is 4.20. The Hall–Kier alpha value is -3.19. The fourth-order valence-electron chi connectivity index (χ4n) is 2.53. The van der Waals surface area contributed by atoms with Crippen molar-refractivity contribution in [2.24, 2.45) is 0 Å². The molecule has 3 aromatic rings. The maximum absolute atomic E-state index is 12.4. The molecule has 0 radical (unpaired) electrons. The summed E-state index contributed by atoms with van der Waals surface area (Å²) in [5.74, 6) is 1.35. The van der Waals surface area contributed by atoms with Crippen molar-refractivity contribution < 1.29 is 28.2 Å². The van der Waals surface area contributed by atoms with Crippen LogP contribution in [0.2, 0.25) is 5.02 Å². The van der Waals surface area contributed by atoms with E-state index < -0.39 is 5.97 Å². The van der Waals surface area contributed by atoms with Crippen molar-refractivity contribution in [1.29, 1.82) is 0 Å². The van der Waals surface area contributed by atoms with E-state index in [1.165, 1.54) is 33.5 Å². The van der Waals surface area contributed by atoms with Crippen molar-refractivity contribution >= 4 is 17.6 Å². The largest absolute Gasteiger partial charge is 0.493 e. The number of halogens is 1. The number of aromatic nitrogens is 1. The molecule has 0 aliphatic carbocycles. The third-order valence-corrected chi connectivity index (χ3v) is 4.16. The van der Waals surface area contributed by atoms with Gasteiger partial charge in [-0.3, -0.25) is 0 Å². The molecular formula is C20H18ClNO6. The molecule has 0 atom stereocenters. The van der Waals surface area contributed by atoms with Crippen molar-refractivity contribution in [1.82, 2.24) is 4.98 Å². The first-order valence-corrected chi connectivity index (χ1v) is 8.61. The second-order valence-electron chi connectivity index (χ2n) is 5.62. The van der Waals surface area contributed by atoms with Crippen LogP contribution in [0.4, 0.5) is 0 Å². The summed E-state index contributed by atoms with van der Waals surface area (Å²) in [6, 6.07) is 10.2. The Kier molecular flexibility index (Phi) is 6.06. The molecule has 0 saturated carbocycles. The van der Waals surface area contributed by atoms with Gasteiger partial charge in [0.2, 0.25) is 11.6 Å². The van der Waals surface area contributed by atoms with E-state index in [1.807, 2.05) is 12.1 Å². The molecule has 2 aromatic carbocycles. The lowest BCUT2D eigenvalue weighted by molar-refractivity contribution is 0.0438. The molecule has 0 saturated heterocycles. The monoisotopic (exact) mass is 403 g/mol. The van der Waals surface area contributed by atoms with Crippen LogP contribution in [0.5, 0.6) is 17.2 Å². The number of carbonyl (C=O) groups is 1. The summed E-state index contributed by atoms with van der Waals surface area (Å²) in [7, 11) is 4.42. The average Bonchev–Trinajstić information content (AvgIpc) is 3.20. The van der Waals surface area contributed by atoms with Gasteiger partial charge < -0.3 is 23.4 Å². The van der Waals surface area contributed by atoms with E-state index in [2.05, 4.69) is 4.98 Å². The molecule has 0 spiro atoms. The number of benzene rings is 2. The van der Waals surface area contributed by atoms with E-state index in [-0.39, 0.29) is 18.1 Å². The van der Waals surface area contributed by atoms with Crippen molar-refractivity contribution in [2.45, 2.75) is 6.61 Å². The van der Waals surface area contributed by atoms with E-state index >= 15 is 0 Å². The zero-order chi connectivity index (χ0) is 20.1. The number of methoxy groups -OCH3 is 3. The lowest BCUT2D eigenvalue weighted by Gasteiger charge is -2.13. The molecule has 146 valence electrons. The molecule has 7 nitrogen and oxygen atoms in total. The Balaban J connectivity index is 1.71. The summed E-state index contributed by atoms with van der Waals surface area (Å²) in [5.41, 5.74) is 1.07. The number of nitrogens with zero attached hydrogens (tertiary/aromatic N) is 1. The molecular weight excluding hydrogens is 386 g/mol. The SMILES string of the molecule is COc1cc(C(=O)OCc2ncc(-c3ccc(Cl)cc3)o2)cc(OC)c1OC. The van der Waals surface area contributed by atoms with Gasteiger partial charge in [-0.15, -0.1) is 0 Å². The van der Waals surface area contributed by atoms with Gasteiger partial charge >= 0.3 is 5.97 Å². The third-order valence-electron chi connectivity index (χ3n) is 3.91. The highest BCUT2D eigenvalue weighted by molar-refractivity contribution is 6.30. The molecule has 3 rings (SSSR count). The Morgan fingerprint density at radius 1 is 1.04 bits per heavy atom. The quantitative estimate of drug-likeness (QED) is 0.541. The Morgan fingerprint density at radius 2 is 1.68 bits per heavy atom. The minimum Gasteiger partial charge on any atom is -0.493 e. The summed E-state index contributed by atoms with van der Waals surface area (Å²) in [5, 5.41) is 0.628. The smallest absolute Gasteiger partial charge is 0.338 e.